The van der Waals surface area contributed by atoms with Crippen molar-refractivity contribution in [2.45, 2.75) is 12.8 Å². The first-order chi connectivity index (χ1) is 4.84. The van der Waals surface area contributed by atoms with Crippen molar-refractivity contribution in [3.8, 4) is 0 Å². The summed E-state index contributed by atoms with van der Waals surface area (Å²) >= 11 is 0. The number of aromatic nitrogens is 2. The molecule has 0 amide bonds. The number of ether oxygens (including phenoxy) is 1. The van der Waals surface area contributed by atoms with Gasteiger partial charge in [-0.25, -0.2) is 0 Å². The average Bonchev–Trinajstić information content (AvgIpc) is 2.38. The van der Waals surface area contributed by atoms with Crippen molar-refractivity contribution in [2.24, 2.45) is 0 Å². The summed E-state index contributed by atoms with van der Waals surface area (Å²) in [6.07, 6.45) is 1.30. The van der Waals surface area contributed by atoms with Gasteiger partial charge in [0.2, 0.25) is 12.3 Å². The number of rotatable bonds is 3. The van der Waals surface area contributed by atoms with Crippen LogP contribution in [0, 0.1) is 7.11 Å². The molecule has 0 saturated carbocycles. The Kier molecular flexibility index (Phi) is 2.39. The van der Waals surface area contributed by atoms with Gasteiger partial charge in [0.15, 0.2) is 0 Å². The van der Waals surface area contributed by atoms with Crippen molar-refractivity contribution in [2.75, 3.05) is 6.61 Å². The Morgan fingerprint density at radius 2 is 2.70 bits per heavy atom. The number of nitrogens with zero attached hydrogens (tertiary/aromatic N) is 2. The Labute approximate surface area is 59.2 Å². The minimum Gasteiger partial charge on any atom is -0.428 e. The third kappa shape index (κ3) is 1.54. The number of hydrogen-bond donors (Lipinski definition) is 0. The van der Waals surface area contributed by atoms with E-state index in [-0.39, 0.29) is 5.92 Å². The average molecular weight is 141 g/mol. The summed E-state index contributed by atoms with van der Waals surface area (Å²) in [6, 6.07) is 0. The lowest BCUT2D eigenvalue weighted by Gasteiger charge is -2.02. The Balaban J connectivity index is 2.50. The summed E-state index contributed by atoms with van der Waals surface area (Å²) in [4.78, 5) is 0. The van der Waals surface area contributed by atoms with Crippen molar-refractivity contribution in [3.63, 3.8) is 0 Å². The lowest BCUT2D eigenvalue weighted by molar-refractivity contribution is 0.212. The van der Waals surface area contributed by atoms with E-state index < -0.39 is 0 Å². The molecule has 1 aromatic rings. The molecule has 0 aromatic carbocycles. The van der Waals surface area contributed by atoms with Crippen LogP contribution in [0.1, 0.15) is 18.7 Å². The molecule has 1 unspecified atom stereocenters. The predicted molar refractivity (Wildman–Crippen MR) is 34.0 cm³/mol. The van der Waals surface area contributed by atoms with E-state index in [1.165, 1.54) is 6.39 Å². The molecule has 4 heteroatoms. The first kappa shape index (κ1) is 7.21. The highest BCUT2D eigenvalue weighted by atomic mass is 16.5. The molecule has 0 aliphatic carbocycles. The zero-order chi connectivity index (χ0) is 7.40. The maximum Gasteiger partial charge on any atom is 0.221 e. The van der Waals surface area contributed by atoms with Gasteiger partial charge in [0, 0.05) is 0 Å². The van der Waals surface area contributed by atoms with E-state index in [1.807, 2.05) is 6.92 Å². The summed E-state index contributed by atoms with van der Waals surface area (Å²) < 4.78 is 9.57. The zero-order valence-electron chi connectivity index (χ0n) is 5.78. The largest absolute Gasteiger partial charge is 0.428 e. The van der Waals surface area contributed by atoms with E-state index in [0.717, 1.165) is 0 Å². The van der Waals surface area contributed by atoms with Crippen LogP contribution < -0.4 is 0 Å². The highest BCUT2D eigenvalue weighted by Gasteiger charge is 2.09. The zero-order valence-corrected chi connectivity index (χ0v) is 5.78. The minimum atomic E-state index is 0.125. The van der Waals surface area contributed by atoms with Gasteiger partial charge in [-0.1, -0.05) is 6.92 Å². The van der Waals surface area contributed by atoms with Crippen LogP contribution in [0.5, 0.6) is 0 Å². The topological polar surface area (TPSA) is 48.2 Å². The fraction of sp³-hybridized carbons (Fsp3) is 0.500. The first-order valence-electron chi connectivity index (χ1n) is 2.97. The third-order valence-electron chi connectivity index (χ3n) is 1.17. The normalized spacial score (nSPS) is 13.4. The number of hydrogen-bond acceptors (Lipinski definition) is 4. The standard InChI is InChI=1S/C6H9N2O2/c1-5(3-9-2)6-8-7-4-10-6/h4-5H,2-3H2,1H3. The van der Waals surface area contributed by atoms with Crippen molar-refractivity contribution < 1.29 is 9.15 Å². The molecular weight excluding hydrogens is 132 g/mol. The highest BCUT2D eigenvalue weighted by Crippen LogP contribution is 2.10. The lowest BCUT2D eigenvalue weighted by atomic mass is 10.2. The van der Waals surface area contributed by atoms with E-state index in [9.17, 15) is 0 Å². The maximum atomic E-state index is 4.92. The fourth-order valence-corrected chi connectivity index (χ4v) is 0.644. The molecule has 0 fully saturated rings. The van der Waals surface area contributed by atoms with Gasteiger partial charge in [-0.05, 0) is 0 Å². The van der Waals surface area contributed by atoms with Gasteiger partial charge in [0.25, 0.3) is 0 Å². The predicted octanol–water partition coefficient (Wildman–Crippen LogP) is 0.981. The molecule has 1 rings (SSSR count). The Morgan fingerprint density at radius 1 is 1.90 bits per heavy atom. The molecule has 0 aliphatic heterocycles. The molecule has 4 nitrogen and oxygen atoms in total. The van der Waals surface area contributed by atoms with Crippen LogP contribution in [0.15, 0.2) is 10.8 Å². The third-order valence-corrected chi connectivity index (χ3v) is 1.17. The molecule has 0 bridgehead atoms. The maximum absolute atomic E-state index is 4.92. The van der Waals surface area contributed by atoms with E-state index in [4.69, 9.17) is 4.42 Å². The van der Waals surface area contributed by atoms with Gasteiger partial charge in [-0.15, -0.1) is 10.2 Å². The van der Waals surface area contributed by atoms with Gasteiger partial charge in [-0.2, -0.15) is 0 Å². The molecule has 1 radical (unpaired) electrons. The molecule has 0 N–H and O–H groups in total. The monoisotopic (exact) mass is 141 g/mol. The molecule has 10 heavy (non-hydrogen) atoms. The molecule has 1 atom stereocenters. The van der Waals surface area contributed by atoms with Gasteiger partial charge in [0.05, 0.1) is 19.6 Å². The van der Waals surface area contributed by atoms with Gasteiger partial charge < -0.3 is 9.15 Å². The Bertz CT molecular complexity index is 174. The summed E-state index contributed by atoms with van der Waals surface area (Å²) in [5.41, 5.74) is 0. The molecule has 1 aromatic heterocycles. The molecule has 0 spiro atoms. The molecule has 0 aliphatic rings. The first-order valence-corrected chi connectivity index (χ1v) is 2.97. The van der Waals surface area contributed by atoms with Crippen LogP contribution >= 0.6 is 0 Å². The van der Waals surface area contributed by atoms with E-state index >= 15 is 0 Å². The minimum absolute atomic E-state index is 0.125. The van der Waals surface area contributed by atoms with Crippen molar-refractivity contribution in [1.82, 2.24) is 10.2 Å². The Hall–Kier alpha value is -0.900. The van der Waals surface area contributed by atoms with Crippen molar-refractivity contribution in [1.29, 1.82) is 0 Å². The van der Waals surface area contributed by atoms with Crippen LogP contribution in [0.2, 0.25) is 0 Å². The van der Waals surface area contributed by atoms with Gasteiger partial charge in [0.1, 0.15) is 0 Å². The summed E-state index contributed by atoms with van der Waals surface area (Å²) in [6.45, 7) is 2.43. The van der Waals surface area contributed by atoms with Gasteiger partial charge >= 0.3 is 0 Å². The lowest BCUT2D eigenvalue weighted by Crippen LogP contribution is -2.00. The van der Waals surface area contributed by atoms with Crippen LogP contribution in [0.25, 0.3) is 0 Å². The van der Waals surface area contributed by atoms with Gasteiger partial charge in [-0.3, -0.25) is 0 Å². The quantitative estimate of drug-likeness (QED) is 0.629. The fourth-order valence-electron chi connectivity index (χ4n) is 0.644. The molecule has 0 saturated heterocycles. The molecular formula is C6H9N2O2. The summed E-state index contributed by atoms with van der Waals surface area (Å²) in [7, 11) is 3.25. The smallest absolute Gasteiger partial charge is 0.221 e. The molecule has 55 valence electrons. The van der Waals surface area contributed by atoms with E-state index in [2.05, 4.69) is 22.0 Å². The van der Waals surface area contributed by atoms with E-state index in [1.54, 1.807) is 0 Å². The van der Waals surface area contributed by atoms with Crippen LogP contribution in [0.4, 0.5) is 0 Å². The highest BCUT2D eigenvalue weighted by molar-refractivity contribution is 4.84. The summed E-state index contributed by atoms with van der Waals surface area (Å²) in [5.74, 6) is 0.712. The second-order valence-corrected chi connectivity index (χ2v) is 2.05. The SMILES string of the molecule is [CH2]OCC(C)c1nnco1. The Morgan fingerprint density at radius 3 is 3.20 bits per heavy atom. The van der Waals surface area contributed by atoms with E-state index in [0.29, 0.717) is 12.5 Å². The second-order valence-electron chi connectivity index (χ2n) is 2.05. The van der Waals surface area contributed by atoms with Crippen LogP contribution in [0.3, 0.4) is 0 Å². The van der Waals surface area contributed by atoms with Crippen LogP contribution in [-0.4, -0.2) is 16.8 Å². The second kappa shape index (κ2) is 3.31. The van der Waals surface area contributed by atoms with Crippen molar-refractivity contribution >= 4 is 0 Å². The summed E-state index contributed by atoms with van der Waals surface area (Å²) in [5, 5.41) is 7.24. The molecule has 1 heterocycles. The van der Waals surface area contributed by atoms with Crippen LogP contribution in [-0.2, 0) is 4.74 Å². The van der Waals surface area contributed by atoms with Crippen molar-refractivity contribution in [3.05, 3.63) is 19.4 Å².